The summed E-state index contributed by atoms with van der Waals surface area (Å²) in [7, 11) is -3.83. The molecule has 11 heteroatoms. The summed E-state index contributed by atoms with van der Waals surface area (Å²) < 4.78 is 39.6. The summed E-state index contributed by atoms with van der Waals surface area (Å²) in [5, 5.41) is -0.272. The number of hydrogen-bond acceptors (Lipinski definition) is 4. The average molecular weight is 389 g/mol. The van der Waals surface area contributed by atoms with Crippen molar-refractivity contribution in [1.82, 2.24) is 19.2 Å². The van der Waals surface area contributed by atoms with Crippen molar-refractivity contribution in [1.29, 1.82) is 0 Å². The lowest BCUT2D eigenvalue weighted by Crippen LogP contribution is -2.50. The number of imidazole rings is 1. The predicted octanol–water partition coefficient (Wildman–Crippen LogP) is 0.642. The Morgan fingerprint density at radius 2 is 1.88 bits per heavy atom. The van der Waals surface area contributed by atoms with E-state index in [1.807, 2.05) is 0 Å². The second kappa shape index (κ2) is 6.62. The molecule has 134 valence electrons. The Morgan fingerprint density at radius 3 is 2.44 bits per heavy atom. The number of sulfonamides is 1. The molecule has 25 heavy (non-hydrogen) atoms. The van der Waals surface area contributed by atoms with Crippen LogP contribution < -0.4 is 5.69 Å². The normalized spacial score (nSPS) is 16.2. The number of carbonyl (C=O) groups excluding carboxylic acids is 1. The lowest BCUT2D eigenvalue weighted by Gasteiger charge is -2.33. The summed E-state index contributed by atoms with van der Waals surface area (Å²) >= 11 is 5.65. The zero-order valence-electron chi connectivity index (χ0n) is 12.8. The van der Waals surface area contributed by atoms with Gasteiger partial charge in [-0.25, -0.2) is 17.6 Å². The standard InChI is InChI=1S/C14H14ClFN4O4S/c15-10-7-9(1-2-11(10)16)25(23,24)20-5-3-19(4-6-20)13(21)12-8-17-14(22)18-12/h1-2,7-8H,3-6H2,(H2,17,18,22). The van der Waals surface area contributed by atoms with Crippen molar-refractivity contribution in [2.45, 2.75) is 4.90 Å². The minimum absolute atomic E-state index is 0.0811. The maximum atomic E-state index is 13.2. The second-order valence-electron chi connectivity index (χ2n) is 5.43. The largest absolute Gasteiger partial charge is 0.335 e. The van der Waals surface area contributed by atoms with E-state index >= 15 is 0 Å². The first-order valence-electron chi connectivity index (χ1n) is 7.31. The van der Waals surface area contributed by atoms with Gasteiger partial charge in [0.25, 0.3) is 5.91 Å². The molecule has 0 aliphatic carbocycles. The Hall–Kier alpha value is -2.17. The lowest BCUT2D eigenvalue weighted by molar-refractivity contribution is 0.0692. The van der Waals surface area contributed by atoms with E-state index in [0.717, 1.165) is 18.2 Å². The zero-order chi connectivity index (χ0) is 18.2. The van der Waals surface area contributed by atoms with Crippen LogP contribution in [0.2, 0.25) is 5.02 Å². The predicted molar refractivity (Wildman–Crippen MR) is 87.5 cm³/mol. The van der Waals surface area contributed by atoms with Crippen molar-refractivity contribution < 1.29 is 17.6 Å². The van der Waals surface area contributed by atoms with Crippen molar-refractivity contribution >= 4 is 27.5 Å². The zero-order valence-corrected chi connectivity index (χ0v) is 14.4. The monoisotopic (exact) mass is 388 g/mol. The van der Waals surface area contributed by atoms with Gasteiger partial charge in [-0.2, -0.15) is 4.31 Å². The van der Waals surface area contributed by atoms with Gasteiger partial charge in [-0.15, -0.1) is 0 Å². The average Bonchev–Trinajstić information content (AvgIpc) is 3.03. The molecule has 2 aromatic rings. The Labute approximate surface area is 147 Å². The maximum absolute atomic E-state index is 13.2. The number of benzene rings is 1. The summed E-state index contributed by atoms with van der Waals surface area (Å²) in [6.07, 6.45) is 1.27. The highest BCUT2D eigenvalue weighted by Gasteiger charge is 2.31. The van der Waals surface area contributed by atoms with Crippen LogP contribution >= 0.6 is 11.6 Å². The van der Waals surface area contributed by atoms with E-state index in [4.69, 9.17) is 11.6 Å². The lowest BCUT2D eigenvalue weighted by atomic mass is 10.3. The van der Waals surface area contributed by atoms with Crippen LogP contribution in [0, 0.1) is 5.82 Å². The molecule has 1 aliphatic heterocycles. The molecule has 1 amide bonds. The minimum Gasteiger partial charge on any atom is -0.335 e. The molecule has 0 spiro atoms. The number of halogens is 2. The Balaban J connectivity index is 1.72. The van der Waals surface area contributed by atoms with Crippen LogP contribution in [0.25, 0.3) is 0 Å². The number of aromatic amines is 2. The molecule has 1 aliphatic rings. The van der Waals surface area contributed by atoms with Crippen LogP contribution in [-0.2, 0) is 10.0 Å². The van der Waals surface area contributed by atoms with E-state index in [-0.39, 0.29) is 47.7 Å². The minimum atomic E-state index is -3.83. The van der Waals surface area contributed by atoms with Gasteiger partial charge in [0.1, 0.15) is 11.5 Å². The third kappa shape index (κ3) is 3.46. The van der Waals surface area contributed by atoms with Crippen LogP contribution in [0.4, 0.5) is 4.39 Å². The highest BCUT2D eigenvalue weighted by atomic mass is 35.5. The van der Waals surface area contributed by atoms with Crippen LogP contribution in [0.3, 0.4) is 0 Å². The van der Waals surface area contributed by atoms with E-state index in [9.17, 15) is 22.4 Å². The Morgan fingerprint density at radius 1 is 1.20 bits per heavy atom. The highest BCUT2D eigenvalue weighted by molar-refractivity contribution is 7.89. The van der Waals surface area contributed by atoms with Gasteiger partial charge in [-0.3, -0.25) is 4.79 Å². The number of aromatic nitrogens is 2. The third-order valence-corrected chi connectivity index (χ3v) is 6.07. The number of nitrogens with zero attached hydrogens (tertiary/aromatic N) is 2. The quantitative estimate of drug-likeness (QED) is 0.804. The van der Waals surface area contributed by atoms with Crippen LogP contribution in [0.5, 0.6) is 0 Å². The van der Waals surface area contributed by atoms with Gasteiger partial charge in [0.15, 0.2) is 0 Å². The molecule has 1 aromatic carbocycles. The van der Waals surface area contributed by atoms with Crippen LogP contribution in [0.1, 0.15) is 10.5 Å². The molecule has 8 nitrogen and oxygen atoms in total. The van der Waals surface area contributed by atoms with E-state index < -0.39 is 21.5 Å². The van der Waals surface area contributed by atoms with Crippen molar-refractivity contribution in [3.05, 3.63) is 51.4 Å². The molecule has 0 saturated carbocycles. The second-order valence-corrected chi connectivity index (χ2v) is 7.77. The first kappa shape index (κ1) is 17.6. The van der Waals surface area contributed by atoms with Gasteiger partial charge >= 0.3 is 5.69 Å². The number of hydrogen-bond donors (Lipinski definition) is 2. The molecule has 0 unspecified atom stereocenters. The fourth-order valence-electron chi connectivity index (χ4n) is 2.54. The van der Waals surface area contributed by atoms with Gasteiger partial charge in [0, 0.05) is 32.4 Å². The molecule has 0 bridgehead atoms. The summed E-state index contributed by atoms with van der Waals surface area (Å²) in [6, 6.07) is 3.21. The fourth-order valence-corrected chi connectivity index (χ4v) is 4.23. The Kier molecular flexibility index (Phi) is 4.67. The van der Waals surface area contributed by atoms with Crippen LogP contribution in [-0.4, -0.2) is 59.7 Å². The molecular weight excluding hydrogens is 375 g/mol. The number of rotatable bonds is 3. The first-order valence-corrected chi connectivity index (χ1v) is 9.13. The number of nitrogens with one attached hydrogen (secondary N) is 2. The van der Waals surface area contributed by atoms with E-state index in [1.54, 1.807) is 0 Å². The summed E-state index contributed by atoms with van der Waals surface area (Å²) in [6.45, 7) is 0.496. The smallest absolute Gasteiger partial charge is 0.323 e. The molecule has 1 aromatic heterocycles. The summed E-state index contributed by atoms with van der Waals surface area (Å²) in [4.78, 5) is 29.3. The van der Waals surface area contributed by atoms with E-state index in [2.05, 4.69) is 9.97 Å². The molecule has 3 rings (SSSR count). The number of H-pyrrole nitrogens is 2. The molecule has 1 saturated heterocycles. The SMILES string of the molecule is O=C(c1c[nH]c(=O)[nH]1)N1CCN(S(=O)(=O)c2ccc(F)c(Cl)c2)CC1. The molecule has 0 radical (unpaired) electrons. The summed E-state index contributed by atoms with van der Waals surface area (Å²) in [5.74, 6) is -1.09. The molecular formula is C14H14ClFN4O4S. The number of carbonyl (C=O) groups is 1. The van der Waals surface area contributed by atoms with Crippen LogP contribution in [0.15, 0.2) is 34.1 Å². The van der Waals surface area contributed by atoms with Gasteiger partial charge in [0.2, 0.25) is 10.0 Å². The van der Waals surface area contributed by atoms with E-state index in [1.165, 1.54) is 15.4 Å². The molecule has 1 fully saturated rings. The first-order chi connectivity index (χ1) is 11.8. The third-order valence-electron chi connectivity index (χ3n) is 3.88. The fraction of sp³-hybridized carbons (Fsp3) is 0.286. The topological polar surface area (TPSA) is 106 Å². The Bertz CT molecular complexity index is 963. The van der Waals surface area contributed by atoms with Crippen molar-refractivity contribution in [2.75, 3.05) is 26.2 Å². The van der Waals surface area contributed by atoms with Crippen molar-refractivity contribution in [3.63, 3.8) is 0 Å². The van der Waals surface area contributed by atoms with Gasteiger partial charge in [-0.05, 0) is 18.2 Å². The molecule has 0 atom stereocenters. The number of piperazine rings is 1. The molecule has 2 heterocycles. The van der Waals surface area contributed by atoms with Gasteiger partial charge in [-0.1, -0.05) is 11.6 Å². The maximum Gasteiger partial charge on any atom is 0.323 e. The van der Waals surface area contributed by atoms with Gasteiger partial charge in [0.05, 0.1) is 9.92 Å². The molecule has 2 N–H and O–H groups in total. The number of amides is 1. The van der Waals surface area contributed by atoms with Crippen molar-refractivity contribution in [3.8, 4) is 0 Å². The van der Waals surface area contributed by atoms with Gasteiger partial charge < -0.3 is 14.9 Å². The van der Waals surface area contributed by atoms with E-state index in [0.29, 0.717) is 0 Å². The highest BCUT2D eigenvalue weighted by Crippen LogP contribution is 2.23. The van der Waals surface area contributed by atoms with Crippen molar-refractivity contribution in [2.24, 2.45) is 0 Å². The summed E-state index contributed by atoms with van der Waals surface area (Å²) in [5.41, 5.74) is -0.371.